The Hall–Kier alpha value is -1.99. The topological polar surface area (TPSA) is 79.0 Å². The van der Waals surface area contributed by atoms with Gasteiger partial charge in [0.2, 0.25) is 0 Å². The summed E-state index contributed by atoms with van der Waals surface area (Å²) in [6, 6.07) is 7.25. The number of H-pyrrole nitrogens is 1. The van der Waals surface area contributed by atoms with Gasteiger partial charge in [0.1, 0.15) is 6.10 Å². The quantitative estimate of drug-likeness (QED) is 0.596. The number of fused-ring (bicyclic) bond motifs is 1. The van der Waals surface area contributed by atoms with Crippen molar-refractivity contribution in [3.63, 3.8) is 0 Å². The van der Waals surface area contributed by atoms with Gasteiger partial charge in [-0.3, -0.25) is 9.89 Å². The van der Waals surface area contributed by atoms with Crippen molar-refractivity contribution >= 4 is 29.7 Å². The second-order valence-electron chi connectivity index (χ2n) is 8.07. The molecule has 1 aromatic heterocycles. The van der Waals surface area contributed by atoms with E-state index in [2.05, 4.69) is 59.8 Å². The van der Waals surface area contributed by atoms with Gasteiger partial charge in [0.25, 0.3) is 6.47 Å². The number of carbonyl (C=O) groups excluding carboxylic acids is 1. The lowest BCUT2D eigenvalue weighted by Gasteiger charge is -2.10. The molecule has 7 heteroatoms. The zero-order valence-corrected chi connectivity index (χ0v) is 18.6. The van der Waals surface area contributed by atoms with Crippen molar-refractivity contribution in [2.75, 3.05) is 12.4 Å². The van der Waals surface area contributed by atoms with E-state index in [9.17, 15) is 4.79 Å². The normalized spacial score (nSPS) is 20.2. The van der Waals surface area contributed by atoms with Crippen LogP contribution in [0.15, 0.2) is 18.2 Å². The predicted molar refractivity (Wildman–Crippen MR) is 120 cm³/mol. The molecule has 0 spiro atoms. The van der Waals surface area contributed by atoms with Crippen LogP contribution in [0.4, 0.5) is 11.5 Å². The van der Waals surface area contributed by atoms with Crippen molar-refractivity contribution in [3.8, 4) is 0 Å². The largest absolute Gasteiger partial charge is 0.465 e. The minimum atomic E-state index is 0.0451. The van der Waals surface area contributed by atoms with Gasteiger partial charge in [0.15, 0.2) is 5.82 Å². The number of nitrogens with one attached hydrogen (secondary N) is 3. The first-order chi connectivity index (χ1) is 14.0. The molecule has 2 heterocycles. The number of ether oxygens (including phenoxy) is 1. The van der Waals surface area contributed by atoms with E-state index in [1.807, 2.05) is 18.8 Å². The molecule has 1 aromatic carbocycles. The molecule has 0 radical (unpaired) electrons. The van der Waals surface area contributed by atoms with Crippen molar-refractivity contribution in [1.29, 1.82) is 0 Å². The number of aryl methyl sites for hydroxylation is 1. The maximum Gasteiger partial charge on any atom is 0.293 e. The van der Waals surface area contributed by atoms with Gasteiger partial charge in [0, 0.05) is 40.9 Å². The van der Waals surface area contributed by atoms with Crippen LogP contribution in [0.5, 0.6) is 0 Å². The number of rotatable bonds is 6. The molecule has 158 valence electrons. The molecular weight excluding hydrogens is 384 g/mol. The number of benzene rings is 1. The zero-order valence-electron chi connectivity index (χ0n) is 17.7. The second kappa shape index (κ2) is 10.2. The molecule has 2 aromatic rings. The van der Waals surface area contributed by atoms with E-state index in [0.29, 0.717) is 18.4 Å². The lowest BCUT2D eigenvalue weighted by atomic mass is 10.0. The number of aromatic nitrogens is 2. The third-order valence-electron chi connectivity index (χ3n) is 5.57. The van der Waals surface area contributed by atoms with Gasteiger partial charge in [0.05, 0.1) is 0 Å². The fourth-order valence-electron chi connectivity index (χ4n) is 3.66. The summed E-state index contributed by atoms with van der Waals surface area (Å²) in [5, 5.41) is 14.0. The summed E-state index contributed by atoms with van der Waals surface area (Å²) >= 11 is 1.97. The molecule has 1 saturated carbocycles. The van der Waals surface area contributed by atoms with E-state index in [1.165, 1.54) is 16.7 Å². The van der Waals surface area contributed by atoms with Crippen molar-refractivity contribution < 1.29 is 9.53 Å². The van der Waals surface area contributed by atoms with Crippen LogP contribution in [-0.2, 0) is 21.0 Å². The molecule has 0 bridgehead atoms. The summed E-state index contributed by atoms with van der Waals surface area (Å²) in [5.41, 5.74) is 6.37. The highest BCUT2D eigenvalue weighted by Gasteiger charge is 2.28. The van der Waals surface area contributed by atoms with Crippen LogP contribution in [0.2, 0.25) is 0 Å². The average Bonchev–Trinajstić information content (AvgIpc) is 3.43. The Morgan fingerprint density at radius 3 is 2.66 bits per heavy atom. The minimum Gasteiger partial charge on any atom is -0.465 e. The zero-order chi connectivity index (χ0) is 20.8. The van der Waals surface area contributed by atoms with Crippen LogP contribution in [0.25, 0.3) is 0 Å². The summed E-state index contributed by atoms with van der Waals surface area (Å²) in [6.07, 6.45) is 2.86. The molecule has 3 N–H and O–H groups in total. The minimum absolute atomic E-state index is 0.0451. The van der Waals surface area contributed by atoms with Crippen LogP contribution in [0.1, 0.15) is 61.4 Å². The lowest BCUT2D eigenvalue weighted by molar-refractivity contribution is -0.133. The second-order valence-corrected chi connectivity index (χ2v) is 9.06. The maximum atomic E-state index is 10.5. The predicted octanol–water partition coefficient (Wildman–Crippen LogP) is 4.63. The van der Waals surface area contributed by atoms with E-state index < -0.39 is 0 Å². The number of hydrogen-bond acceptors (Lipinski definition) is 6. The molecule has 2 atom stereocenters. The molecule has 1 aliphatic carbocycles. The monoisotopic (exact) mass is 416 g/mol. The molecule has 0 saturated heterocycles. The molecule has 1 aliphatic heterocycles. The lowest BCUT2D eigenvalue weighted by Crippen LogP contribution is -2.15. The van der Waals surface area contributed by atoms with E-state index in [4.69, 9.17) is 4.74 Å². The SMILES string of the molecule is CNC(C)C.Cc1cc2c(cc1Nc1cc(C3CCC(OC=O)C3)[nH]n1)CSC2. The Labute approximate surface area is 177 Å². The van der Waals surface area contributed by atoms with E-state index in [0.717, 1.165) is 48.0 Å². The van der Waals surface area contributed by atoms with Gasteiger partial charge in [-0.25, -0.2) is 0 Å². The molecule has 4 rings (SSSR count). The molecular formula is C22H32N4O2S. The number of aromatic amines is 1. The van der Waals surface area contributed by atoms with Gasteiger partial charge in [-0.1, -0.05) is 19.9 Å². The summed E-state index contributed by atoms with van der Waals surface area (Å²) in [7, 11) is 1.95. The van der Waals surface area contributed by atoms with Crippen LogP contribution >= 0.6 is 11.8 Å². The van der Waals surface area contributed by atoms with Crippen LogP contribution in [0, 0.1) is 6.92 Å². The van der Waals surface area contributed by atoms with Gasteiger partial charge in [-0.05, 0) is 56.0 Å². The number of hydrogen-bond donors (Lipinski definition) is 3. The maximum absolute atomic E-state index is 10.5. The molecule has 29 heavy (non-hydrogen) atoms. The Bertz CT molecular complexity index is 821. The Morgan fingerprint density at radius 2 is 1.97 bits per heavy atom. The number of carbonyl (C=O) groups is 1. The summed E-state index contributed by atoms with van der Waals surface area (Å²) < 4.78 is 5.08. The van der Waals surface area contributed by atoms with E-state index in [1.54, 1.807) is 0 Å². The summed E-state index contributed by atoms with van der Waals surface area (Å²) in [4.78, 5) is 10.5. The van der Waals surface area contributed by atoms with E-state index >= 15 is 0 Å². The van der Waals surface area contributed by atoms with Crippen molar-refractivity contribution in [3.05, 3.63) is 40.6 Å². The standard InChI is InChI=1S/C18H21N3O2S.C4H11N/c1-11-4-13-8-24-9-14(13)6-16(11)19-18-7-17(20-21-18)12-2-3-15(5-12)23-10-22;1-4(2)5-3/h4,6-7,10,12,15H,2-3,5,8-9H2,1H3,(H2,19,20,21);4-5H,1-3H3. The highest BCUT2D eigenvalue weighted by atomic mass is 32.2. The smallest absolute Gasteiger partial charge is 0.293 e. The Balaban J connectivity index is 0.000000431. The number of thioether (sulfide) groups is 1. The van der Waals surface area contributed by atoms with E-state index in [-0.39, 0.29) is 6.10 Å². The van der Waals surface area contributed by atoms with Gasteiger partial charge < -0.3 is 15.4 Å². The fourth-order valence-corrected chi connectivity index (χ4v) is 4.74. The molecule has 2 aliphatic rings. The van der Waals surface area contributed by atoms with Crippen molar-refractivity contribution in [2.24, 2.45) is 0 Å². The molecule has 1 fully saturated rings. The van der Waals surface area contributed by atoms with Gasteiger partial charge >= 0.3 is 0 Å². The number of anilines is 2. The summed E-state index contributed by atoms with van der Waals surface area (Å²) in [5.74, 6) is 3.44. The highest BCUT2D eigenvalue weighted by Crippen LogP contribution is 2.37. The van der Waals surface area contributed by atoms with Crippen LogP contribution < -0.4 is 10.6 Å². The first kappa shape index (κ1) is 21.7. The Kier molecular flexibility index (Phi) is 7.61. The summed E-state index contributed by atoms with van der Waals surface area (Å²) in [6.45, 7) is 6.92. The van der Waals surface area contributed by atoms with Crippen LogP contribution in [-0.4, -0.2) is 35.9 Å². The van der Waals surface area contributed by atoms with Crippen molar-refractivity contribution in [2.45, 2.75) is 69.6 Å². The Morgan fingerprint density at radius 1 is 1.24 bits per heavy atom. The first-order valence-corrected chi connectivity index (χ1v) is 11.4. The third kappa shape index (κ3) is 5.76. The van der Waals surface area contributed by atoms with Gasteiger partial charge in [-0.2, -0.15) is 16.9 Å². The number of nitrogens with zero attached hydrogens (tertiary/aromatic N) is 1. The highest BCUT2D eigenvalue weighted by molar-refractivity contribution is 7.98. The first-order valence-electron chi connectivity index (χ1n) is 10.3. The molecule has 2 unspecified atom stereocenters. The third-order valence-corrected chi connectivity index (χ3v) is 6.60. The van der Waals surface area contributed by atoms with Crippen molar-refractivity contribution in [1.82, 2.24) is 15.5 Å². The molecule has 0 amide bonds. The molecule has 6 nitrogen and oxygen atoms in total. The fraction of sp³-hybridized carbons (Fsp3) is 0.545. The average molecular weight is 417 g/mol. The van der Waals surface area contributed by atoms with Gasteiger partial charge in [-0.15, -0.1) is 0 Å². The van der Waals surface area contributed by atoms with Crippen LogP contribution in [0.3, 0.4) is 0 Å².